The molecule has 2 aromatic carbocycles. The largest absolute Gasteiger partial charge is 0.384 e. The van der Waals surface area contributed by atoms with Crippen molar-refractivity contribution in [1.29, 1.82) is 0 Å². The molecule has 51 heavy (non-hydrogen) atoms. The Labute approximate surface area is 299 Å². The molecule has 5 aromatic rings. The van der Waals surface area contributed by atoms with Gasteiger partial charge in [0.05, 0.1) is 5.56 Å². The van der Waals surface area contributed by atoms with Crippen molar-refractivity contribution >= 4 is 23.4 Å². The van der Waals surface area contributed by atoms with E-state index < -0.39 is 5.97 Å². The Morgan fingerprint density at radius 3 is 1.84 bits per heavy atom. The van der Waals surface area contributed by atoms with E-state index in [0.29, 0.717) is 23.2 Å². The Hall–Kier alpha value is -5.58. The van der Waals surface area contributed by atoms with Gasteiger partial charge in [-0.1, -0.05) is 34.6 Å². The number of nitrogens with one attached hydrogen (secondary N) is 2. The van der Waals surface area contributed by atoms with Crippen molar-refractivity contribution < 1.29 is 14.2 Å². The number of carbonyl (C=O) groups is 1. The maximum Gasteiger partial charge on any atom is 0.365 e. The predicted molar refractivity (Wildman–Crippen MR) is 199 cm³/mol. The summed E-state index contributed by atoms with van der Waals surface area (Å²) in [5, 5.41) is 14.7. The van der Waals surface area contributed by atoms with Gasteiger partial charge >= 0.3 is 5.97 Å². The Morgan fingerprint density at radius 1 is 0.804 bits per heavy atom. The molecule has 0 aliphatic heterocycles. The Balaban J connectivity index is 0.000000176. The molecule has 0 bridgehead atoms. The lowest BCUT2D eigenvalue weighted by molar-refractivity contribution is 0.0514. The second-order valence-corrected chi connectivity index (χ2v) is 13.6. The third-order valence-corrected chi connectivity index (χ3v) is 9.57. The number of benzene rings is 2. The van der Waals surface area contributed by atoms with E-state index in [9.17, 15) is 4.79 Å². The average molecular weight is 687 g/mol. The van der Waals surface area contributed by atoms with Crippen LogP contribution in [0, 0.1) is 33.6 Å². The second kappa shape index (κ2) is 15.5. The Morgan fingerprint density at radius 2 is 1.33 bits per heavy atom. The highest BCUT2D eigenvalue weighted by atomic mass is 16.7. The molecule has 0 saturated heterocycles. The van der Waals surface area contributed by atoms with Gasteiger partial charge in [0.15, 0.2) is 5.82 Å². The molecule has 2 fully saturated rings. The predicted octanol–water partition coefficient (Wildman–Crippen LogP) is 8.51. The molecule has 2 aliphatic rings. The number of nitrogens with zero attached hydrogens (tertiary/aromatic N) is 5. The number of nitrogens with two attached hydrogens (primary N) is 1. The number of aromatic nitrogens is 4. The third kappa shape index (κ3) is 8.97. The van der Waals surface area contributed by atoms with Gasteiger partial charge < -0.3 is 25.7 Å². The van der Waals surface area contributed by atoms with Gasteiger partial charge in [-0.3, -0.25) is 0 Å². The van der Waals surface area contributed by atoms with Crippen LogP contribution in [0.1, 0.15) is 107 Å². The maximum absolute atomic E-state index is 12.0. The van der Waals surface area contributed by atoms with Gasteiger partial charge in [0, 0.05) is 41.9 Å². The summed E-state index contributed by atoms with van der Waals surface area (Å²) in [5.74, 6) is 3.92. The first-order valence-corrected chi connectivity index (χ1v) is 17.5. The first kappa shape index (κ1) is 35.3. The van der Waals surface area contributed by atoms with Crippen LogP contribution in [0.2, 0.25) is 0 Å². The number of carbonyl (C=O) groups excluding carboxylic acids is 1. The van der Waals surface area contributed by atoms with Gasteiger partial charge in [-0.2, -0.15) is 4.98 Å². The molecule has 7 rings (SSSR count). The van der Waals surface area contributed by atoms with E-state index in [1.54, 1.807) is 18.3 Å². The summed E-state index contributed by atoms with van der Waals surface area (Å²) < 4.78 is 5.39. The van der Waals surface area contributed by atoms with Crippen molar-refractivity contribution in [3.05, 3.63) is 118 Å². The van der Waals surface area contributed by atoms with E-state index >= 15 is 0 Å². The van der Waals surface area contributed by atoms with Gasteiger partial charge in [0.1, 0.15) is 17.5 Å². The minimum absolute atomic E-state index is 0.0524. The van der Waals surface area contributed by atoms with Gasteiger partial charge in [-0.15, -0.1) is 0 Å². The third-order valence-electron chi connectivity index (χ3n) is 9.57. The number of hydrogen-bond donors (Lipinski definition) is 3. The van der Waals surface area contributed by atoms with Crippen LogP contribution in [-0.2, 0) is 4.84 Å². The van der Waals surface area contributed by atoms with Crippen LogP contribution in [0.5, 0.6) is 0 Å². The summed E-state index contributed by atoms with van der Waals surface area (Å²) in [6, 6.07) is 19.7. The topological polar surface area (TPSA) is 153 Å². The molecule has 0 amide bonds. The monoisotopic (exact) mass is 686 g/mol. The fourth-order valence-corrected chi connectivity index (χ4v) is 5.41. The molecule has 11 heteroatoms. The molecule has 11 nitrogen and oxygen atoms in total. The molecule has 264 valence electrons. The van der Waals surface area contributed by atoms with Crippen molar-refractivity contribution in [2.24, 2.45) is 16.8 Å². The summed E-state index contributed by atoms with van der Waals surface area (Å²) >= 11 is 0. The zero-order valence-electron chi connectivity index (χ0n) is 30.1. The van der Waals surface area contributed by atoms with Gasteiger partial charge in [-0.25, -0.2) is 14.8 Å². The van der Waals surface area contributed by atoms with Crippen LogP contribution in [0.25, 0.3) is 11.5 Å². The molecule has 2 atom stereocenters. The highest BCUT2D eigenvalue weighted by Gasteiger charge is 2.29. The number of hydrogen-bond acceptors (Lipinski definition) is 10. The molecule has 2 saturated carbocycles. The molecule has 2 unspecified atom stereocenters. The molecule has 0 radical (unpaired) electrons. The van der Waals surface area contributed by atoms with E-state index in [1.807, 2.05) is 49.5 Å². The van der Waals surface area contributed by atoms with Gasteiger partial charge in [0.25, 0.3) is 5.89 Å². The van der Waals surface area contributed by atoms with Crippen LogP contribution < -0.4 is 16.4 Å². The number of anilines is 2. The number of rotatable bonds is 11. The first-order chi connectivity index (χ1) is 24.6. The fourth-order valence-electron chi connectivity index (χ4n) is 5.41. The normalized spacial score (nSPS) is 15.3. The SMILES string of the molecule is Cc1ccnc(NC(C)c2ccc(-c3nc(C4CC4)no3)cc2)c1C.Cc1ccnc(NC(C)c2ccc(C(=O)O/N=C(\N)C3CC3)cc2)c1C. The van der Waals surface area contributed by atoms with Crippen molar-refractivity contribution in [3.8, 4) is 11.5 Å². The van der Waals surface area contributed by atoms with E-state index in [2.05, 4.69) is 82.6 Å². The molecule has 4 N–H and O–H groups in total. The Bertz CT molecular complexity index is 2000. The second-order valence-electron chi connectivity index (χ2n) is 13.6. The van der Waals surface area contributed by atoms with Crippen molar-refractivity contribution in [2.45, 2.75) is 85.2 Å². The molecular weight excluding hydrogens is 640 g/mol. The summed E-state index contributed by atoms with van der Waals surface area (Å²) in [6.07, 6.45) is 8.02. The molecule has 3 aromatic heterocycles. The Kier molecular flexibility index (Phi) is 10.7. The van der Waals surface area contributed by atoms with E-state index in [4.69, 9.17) is 15.1 Å². The maximum atomic E-state index is 12.0. The highest BCUT2D eigenvalue weighted by Crippen LogP contribution is 2.39. The van der Waals surface area contributed by atoms with Crippen LogP contribution in [-0.4, -0.2) is 31.9 Å². The average Bonchev–Trinajstić information content (AvgIpc) is 4.10. The lowest BCUT2D eigenvalue weighted by atomic mass is 10.1. The number of oxime groups is 1. The van der Waals surface area contributed by atoms with Crippen LogP contribution >= 0.6 is 0 Å². The summed E-state index contributed by atoms with van der Waals surface area (Å²) in [7, 11) is 0. The molecular formula is C40H46N8O3. The van der Waals surface area contributed by atoms with E-state index in [1.165, 1.54) is 35.1 Å². The summed E-state index contributed by atoms with van der Waals surface area (Å²) in [5.41, 5.74) is 14.1. The fraction of sp³-hybridized carbons (Fsp3) is 0.350. The number of pyridine rings is 2. The van der Waals surface area contributed by atoms with Crippen LogP contribution in [0.3, 0.4) is 0 Å². The smallest absolute Gasteiger partial charge is 0.365 e. The minimum atomic E-state index is -0.503. The van der Waals surface area contributed by atoms with E-state index in [-0.39, 0.29) is 18.0 Å². The highest BCUT2D eigenvalue weighted by molar-refractivity contribution is 5.91. The van der Waals surface area contributed by atoms with Crippen molar-refractivity contribution in [1.82, 2.24) is 20.1 Å². The number of amidine groups is 1. The van der Waals surface area contributed by atoms with Gasteiger partial charge in [-0.05, 0) is 137 Å². The molecule has 0 spiro atoms. The van der Waals surface area contributed by atoms with E-state index in [0.717, 1.165) is 47.0 Å². The van der Waals surface area contributed by atoms with Crippen molar-refractivity contribution in [2.75, 3.05) is 10.6 Å². The number of aryl methyl sites for hydroxylation is 2. The molecule has 3 heterocycles. The van der Waals surface area contributed by atoms with Crippen LogP contribution in [0.4, 0.5) is 11.6 Å². The van der Waals surface area contributed by atoms with Gasteiger partial charge in [0.2, 0.25) is 0 Å². The first-order valence-electron chi connectivity index (χ1n) is 17.5. The zero-order chi connectivity index (χ0) is 36.1. The zero-order valence-corrected chi connectivity index (χ0v) is 30.1. The van der Waals surface area contributed by atoms with Crippen molar-refractivity contribution in [3.63, 3.8) is 0 Å². The molecule has 2 aliphatic carbocycles. The lowest BCUT2D eigenvalue weighted by Gasteiger charge is -2.17. The standard InChI is InChI=1S/C20H24N4O2.C20H22N4O/c1-12-10-11-22-19(13(12)2)23-14(3)15-4-8-17(9-5-15)20(25)26-24-18(21)16-6-7-16;1-12-10-11-21-18(13(12)2)22-14(3)15-4-8-17(9-5-15)20-23-19(24-25-20)16-6-7-16/h4-5,8-11,14,16H,6-7H2,1-3H3,(H2,21,24)(H,22,23);4-5,8-11,14,16H,6-7H2,1-3H3,(H,21,22). The minimum Gasteiger partial charge on any atom is -0.384 e. The summed E-state index contributed by atoms with van der Waals surface area (Å²) in [6.45, 7) is 12.5. The lowest BCUT2D eigenvalue weighted by Crippen LogP contribution is -2.15. The summed E-state index contributed by atoms with van der Waals surface area (Å²) in [4.78, 5) is 30.3. The quantitative estimate of drug-likeness (QED) is 0.0533. The van der Waals surface area contributed by atoms with Crippen LogP contribution in [0.15, 0.2) is 82.7 Å².